The fraction of sp³-hybridized carbons (Fsp3) is 0.529. The van der Waals surface area contributed by atoms with E-state index >= 15 is 0 Å². The second-order valence-electron chi connectivity index (χ2n) is 6.98. The van der Waals surface area contributed by atoms with Crippen LogP contribution in [0.2, 0.25) is 0 Å². The molecule has 112 valence electrons. The van der Waals surface area contributed by atoms with E-state index in [4.69, 9.17) is 0 Å². The van der Waals surface area contributed by atoms with Gasteiger partial charge in [0.25, 0.3) is 0 Å². The van der Waals surface area contributed by atoms with Crippen LogP contribution in [-0.2, 0) is 0 Å². The highest BCUT2D eigenvalue weighted by Crippen LogP contribution is 2.63. The molecular weight excluding hydrogens is 262 g/mol. The highest BCUT2D eigenvalue weighted by atomic mass is 16.2. The Balaban J connectivity index is 1.66. The SMILES string of the molecule is CC12CCC(C/C1=N\NC(=O)Nc1ccccc1)C2(C)C. The predicted octanol–water partition coefficient (Wildman–Crippen LogP) is 4.01. The molecule has 0 aromatic heterocycles. The van der Waals surface area contributed by atoms with Crippen molar-refractivity contribution in [3.8, 4) is 0 Å². The molecule has 2 fully saturated rings. The van der Waals surface area contributed by atoms with Crippen molar-refractivity contribution in [2.75, 3.05) is 5.32 Å². The number of nitrogens with zero attached hydrogens (tertiary/aromatic N) is 1. The zero-order chi connectivity index (χ0) is 15.1. The lowest BCUT2D eigenvalue weighted by atomic mass is 9.70. The first-order valence-electron chi connectivity index (χ1n) is 7.62. The number of hydrogen-bond donors (Lipinski definition) is 2. The third-order valence-corrected chi connectivity index (χ3v) is 5.84. The van der Waals surface area contributed by atoms with Crippen LogP contribution in [0, 0.1) is 16.7 Å². The lowest BCUT2D eigenvalue weighted by molar-refractivity contribution is 0.193. The number of fused-ring (bicyclic) bond motifs is 2. The molecule has 0 heterocycles. The molecule has 2 bridgehead atoms. The summed E-state index contributed by atoms with van der Waals surface area (Å²) in [6.45, 7) is 6.95. The number of carbonyl (C=O) groups is 1. The summed E-state index contributed by atoms with van der Waals surface area (Å²) in [6.07, 6.45) is 3.46. The number of para-hydroxylation sites is 1. The largest absolute Gasteiger partial charge is 0.339 e. The molecule has 0 spiro atoms. The molecule has 4 heteroatoms. The van der Waals surface area contributed by atoms with Crippen molar-refractivity contribution in [3.63, 3.8) is 0 Å². The summed E-state index contributed by atoms with van der Waals surface area (Å²) >= 11 is 0. The van der Waals surface area contributed by atoms with Crippen LogP contribution < -0.4 is 10.7 Å². The van der Waals surface area contributed by atoms with Crippen LogP contribution in [0.3, 0.4) is 0 Å². The van der Waals surface area contributed by atoms with Crippen molar-refractivity contribution in [1.82, 2.24) is 5.43 Å². The number of amides is 2. The smallest absolute Gasteiger partial charge is 0.307 e. The molecule has 0 saturated heterocycles. The molecule has 1 aromatic carbocycles. The fourth-order valence-corrected chi connectivity index (χ4v) is 3.90. The Morgan fingerprint density at radius 1 is 1.24 bits per heavy atom. The summed E-state index contributed by atoms with van der Waals surface area (Å²) in [7, 11) is 0. The second kappa shape index (κ2) is 4.86. The molecule has 1 aromatic rings. The first kappa shape index (κ1) is 14.1. The van der Waals surface area contributed by atoms with Crippen LogP contribution in [0.5, 0.6) is 0 Å². The molecule has 2 aliphatic rings. The van der Waals surface area contributed by atoms with Crippen LogP contribution in [0.25, 0.3) is 0 Å². The minimum Gasteiger partial charge on any atom is -0.307 e. The number of carbonyl (C=O) groups excluding carboxylic acids is 1. The summed E-state index contributed by atoms with van der Waals surface area (Å²) in [6, 6.07) is 9.13. The summed E-state index contributed by atoms with van der Waals surface area (Å²) in [5.74, 6) is 0.695. The monoisotopic (exact) mass is 285 g/mol. The van der Waals surface area contributed by atoms with Gasteiger partial charge in [-0.15, -0.1) is 0 Å². The average molecular weight is 285 g/mol. The molecule has 2 amide bonds. The van der Waals surface area contributed by atoms with E-state index in [1.807, 2.05) is 30.3 Å². The van der Waals surface area contributed by atoms with E-state index < -0.39 is 0 Å². The topological polar surface area (TPSA) is 53.5 Å². The summed E-state index contributed by atoms with van der Waals surface area (Å²) in [5.41, 5.74) is 4.98. The van der Waals surface area contributed by atoms with E-state index in [1.165, 1.54) is 12.8 Å². The maximum absolute atomic E-state index is 11.9. The number of hydrazone groups is 1. The van der Waals surface area contributed by atoms with Crippen LogP contribution in [0.4, 0.5) is 10.5 Å². The Labute approximate surface area is 126 Å². The van der Waals surface area contributed by atoms with Gasteiger partial charge in [0.15, 0.2) is 0 Å². The van der Waals surface area contributed by atoms with Gasteiger partial charge < -0.3 is 5.32 Å². The molecular formula is C17H23N3O. The van der Waals surface area contributed by atoms with E-state index in [1.54, 1.807) is 0 Å². The minimum atomic E-state index is -0.280. The quantitative estimate of drug-likeness (QED) is 0.792. The standard InChI is InChI=1S/C17H23N3O/c1-16(2)12-9-10-17(16,3)14(11-12)19-20-15(21)18-13-7-5-4-6-8-13/h4-8,12H,9-11H2,1-3H3,(H2,18,20,21)/b19-14+. The molecule has 2 aliphatic carbocycles. The number of hydrogen-bond acceptors (Lipinski definition) is 2. The average Bonchev–Trinajstić information content (AvgIpc) is 2.79. The number of rotatable bonds is 2. The zero-order valence-corrected chi connectivity index (χ0v) is 12.9. The van der Waals surface area contributed by atoms with Gasteiger partial charge in [-0.25, -0.2) is 10.2 Å². The maximum Gasteiger partial charge on any atom is 0.339 e. The van der Waals surface area contributed by atoms with Gasteiger partial charge in [0, 0.05) is 16.8 Å². The van der Waals surface area contributed by atoms with Gasteiger partial charge in [-0.2, -0.15) is 5.10 Å². The number of benzene rings is 1. The third kappa shape index (κ3) is 2.23. The van der Waals surface area contributed by atoms with E-state index in [9.17, 15) is 4.79 Å². The predicted molar refractivity (Wildman–Crippen MR) is 85.3 cm³/mol. The summed E-state index contributed by atoms with van der Waals surface area (Å²) in [5, 5.41) is 7.21. The Morgan fingerprint density at radius 3 is 2.52 bits per heavy atom. The molecule has 4 nitrogen and oxygen atoms in total. The molecule has 2 saturated carbocycles. The van der Waals surface area contributed by atoms with E-state index in [0.29, 0.717) is 5.92 Å². The van der Waals surface area contributed by atoms with Crippen molar-refractivity contribution in [2.24, 2.45) is 21.8 Å². The van der Waals surface area contributed by atoms with Gasteiger partial charge in [0.2, 0.25) is 0 Å². The molecule has 0 radical (unpaired) electrons. The van der Waals surface area contributed by atoms with E-state index in [-0.39, 0.29) is 16.9 Å². The van der Waals surface area contributed by atoms with Crippen LogP contribution >= 0.6 is 0 Å². The van der Waals surface area contributed by atoms with Crippen molar-refractivity contribution in [2.45, 2.75) is 40.0 Å². The number of anilines is 1. The maximum atomic E-state index is 11.9. The molecule has 3 rings (SSSR count). The zero-order valence-electron chi connectivity index (χ0n) is 12.9. The van der Waals surface area contributed by atoms with Gasteiger partial charge in [-0.1, -0.05) is 39.0 Å². The lowest BCUT2D eigenvalue weighted by Gasteiger charge is -2.34. The van der Waals surface area contributed by atoms with Crippen molar-refractivity contribution in [3.05, 3.63) is 30.3 Å². The first-order valence-corrected chi connectivity index (χ1v) is 7.62. The van der Waals surface area contributed by atoms with Crippen LogP contribution in [0.15, 0.2) is 35.4 Å². The first-order chi connectivity index (χ1) is 9.93. The van der Waals surface area contributed by atoms with Gasteiger partial charge in [-0.3, -0.25) is 0 Å². The molecule has 0 aliphatic heterocycles. The number of urea groups is 1. The number of nitrogens with one attached hydrogen (secondary N) is 2. The second-order valence-corrected chi connectivity index (χ2v) is 6.98. The Hall–Kier alpha value is -1.84. The fourth-order valence-electron chi connectivity index (χ4n) is 3.90. The van der Waals surface area contributed by atoms with E-state index in [0.717, 1.165) is 17.8 Å². The lowest BCUT2D eigenvalue weighted by Crippen LogP contribution is -2.35. The van der Waals surface area contributed by atoms with Crippen molar-refractivity contribution in [1.29, 1.82) is 0 Å². The summed E-state index contributed by atoms with van der Waals surface area (Å²) < 4.78 is 0. The van der Waals surface area contributed by atoms with Gasteiger partial charge in [0.05, 0.1) is 0 Å². The normalized spacial score (nSPS) is 31.4. The molecule has 21 heavy (non-hydrogen) atoms. The van der Waals surface area contributed by atoms with E-state index in [2.05, 4.69) is 36.6 Å². The summed E-state index contributed by atoms with van der Waals surface area (Å²) in [4.78, 5) is 11.9. The molecule has 2 atom stereocenters. The van der Waals surface area contributed by atoms with Crippen LogP contribution in [0.1, 0.15) is 40.0 Å². The Morgan fingerprint density at radius 2 is 1.95 bits per heavy atom. The molecule has 2 unspecified atom stereocenters. The van der Waals surface area contributed by atoms with Gasteiger partial charge in [-0.05, 0) is 42.7 Å². The highest BCUT2D eigenvalue weighted by molar-refractivity contribution is 5.96. The Kier molecular flexibility index (Phi) is 3.27. The third-order valence-electron chi connectivity index (χ3n) is 5.84. The minimum absolute atomic E-state index is 0.123. The van der Waals surface area contributed by atoms with Crippen molar-refractivity contribution >= 4 is 17.4 Å². The molecule has 2 N–H and O–H groups in total. The van der Waals surface area contributed by atoms with Gasteiger partial charge >= 0.3 is 6.03 Å². The Bertz CT molecular complexity index is 579. The van der Waals surface area contributed by atoms with Crippen molar-refractivity contribution < 1.29 is 4.79 Å². The van der Waals surface area contributed by atoms with Crippen LogP contribution in [-0.4, -0.2) is 11.7 Å². The van der Waals surface area contributed by atoms with Gasteiger partial charge in [0.1, 0.15) is 0 Å². The highest BCUT2D eigenvalue weighted by Gasteiger charge is 2.59.